The van der Waals surface area contributed by atoms with Crippen molar-refractivity contribution < 1.29 is 18.3 Å². The lowest BCUT2D eigenvalue weighted by atomic mass is 10.1. The Labute approximate surface area is 191 Å². The number of nitrogens with zero attached hydrogens (tertiary/aromatic N) is 5. The van der Waals surface area contributed by atoms with Gasteiger partial charge >= 0.3 is 0 Å². The minimum absolute atomic E-state index is 0.143. The lowest BCUT2D eigenvalue weighted by Gasteiger charge is -2.27. The van der Waals surface area contributed by atoms with E-state index in [1.807, 2.05) is 11.8 Å². The van der Waals surface area contributed by atoms with Gasteiger partial charge in [-0.1, -0.05) is 12.1 Å². The molecule has 172 valence electrons. The zero-order chi connectivity index (χ0) is 22.8. The molecular formula is C24H26FN5O3. The van der Waals surface area contributed by atoms with Crippen molar-refractivity contribution >= 4 is 11.9 Å². The van der Waals surface area contributed by atoms with Crippen molar-refractivity contribution in [2.75, 3.05) is 37.7 Å². The van der Waals surface area contributed by atoms with Gasteiger partial charge in [0.2, 0.25) is 11.8 Å². The topological polar surface area (TPSA) is 84.6 Å². The van der Waals surface area contributed by atoms with Gasteiger partial charge in [0.05, 0.1) is 19.4 Å². The van der Waals surface area contributed by atoms with E-state index < -0.39 is 0 Å². The predicted octanol–water partition coefficient (Wildman–Crippen LogP) is 3.32. The summed E-state index contributed by atoms with van der Waals surface area (Å²) in [5, 5.41) is 0. The molecule has 2 saturated heterocycles. The van der Waals surface area contributed by atoms with E-state index in [0.29, 0.717) is 62.6 Å². The first-order chi connectivity index (χ1) is 16.1. The number of hydrogen-bond acceptors (Lipinski definition) is 7. The van der Waals surface area contributed by atoms with Crippen LogP contribution in [0.25, 0.3) is 0 Å². The van der Waals surface area contributed by atoms with Crippen LogP contribution in [0.5, 0.6) is 0 Å². The molecule has 8 nitrogen and oxygen atoms in total. The molecule has 0 unspecified atom stereocenters. The zero-order valence-corrected chi connectivity index (χ0v) is 18.5. The molecule has 0 saturated carbocycles. The van der Waals surface area contributed by atoms with E-state index in [4.69, 9.17) is 9.15 Å². The van der Waals surface area contributed by atoms with Gasteiger partial charge in [0, 0.05) is 31.7 Å². The maximum atomic E-state index is 13.4. The molecule has 5 rings (SSSR count). The second-order valence-corrected chi connectivity index (χ2v) is 8.42. The Kier molecular flexibility index (Phi) is 6.04. The van der Waals surface area contributed by atoms with Crippen LogP contribution in [-0.4, -0.2) is 58.6 Å². The molecule has 2 aromatic heterocycles. The third-order valence-corrected chi connectivity index (χ3v) is 6.02. The highest BCUT2D eigenvalue weighted by atomic mass is 19.1. The van der Waals surface area contributed by atoms with Crippen LogP contribution in [0.4, 0.5) is 10.3 Å². The number of hydrogen-bond donors (Lipinski definition) is 0. The summed E-state index contributed by atoms with van der Waals surface area (Å²) in [5.41, 5.74) is 2.07. The van der Waals surface area contributed by atoms with Crippen LogP contribution in [0.1, 0.15) is 52.3 Å². The number of morpholine rings is 1. The van der Waals surface area contributed by atoms with Crippen LogP contribution in [0.15, 0.2) is 40.9 Å². The lowest BCUT2D eigenvalue weighted by Crippen LogP contribution is -2.38. The molecule has 0 spiro atoms. The number of ether oxygens (including phenoxy) is 1. The van der Waals surface area contributed by atoms with Gasteiger partial charge in [-0.3, -0.25) is 4.79 Å². The van der Waals surface area contributed by atoms with E-state index in [2.05, 4.69) is 15.0 Å². The number of aryl methyl sites for hydroxylation is 1. The number of amides is 1. The van der Waals surface area contributed by atoms with Gasteiger partial charge < -0.3 is 19.0 Å². The SMILES string of the molecule is Cc1cc(C(=O)N2CCC[C@H]2c2ncc(Cc3ccc(F)cc3)o2)nc(N2CCOCC2)n1. The molecule has 0 N–H and O–H groups in total. The van der Waals surface area contributed by atoms with Gasteiger partial charge in [-0.15, -0.1) is 0 Å². The number of carbonyl (C=O) groups excluding carboxylic acids is 1. The van der Waals surface area contributed by atoms with E-state index in [1.165, 1.54) is 12.1 Å². The molecule has 4 heterocycles. The standard InChI is InChI=1S/C24H26FN5O3/c1-16-13-20(28-24(27-16)29-9-11-32-12-10-29)23(31)30-8-2-3-21(30)22-26-15-19(33-22)14-17-4-6-18(25)7-5-17/h4-7,13,15,21H,2-3,8-12,14H2,1H3/t21-/m0/s1. The molecule has 0 aliphatic carbocycles. The number of anilines is 1. The first-order valence-electron chi connectivity index (χ1n) is 11.3. The van der Waals surface area contributed by atoms with E-state index in [1.54, 1.807) is 29.3 Å². The molecule has 1 aromatic carbocycles. The van der Waals surface area contributed by atoms with E-state index in [9.17, 15) is 9.18 Å². The van der Waals surface area contributed by atoms with Gasteiger partial charge in [0.15, 0.2) is 0 Å². The van der Waals surface area contributed by atoms with Crippen LogP contribution < -0.4 is 4.90 Å². The van der Waals surface area contributed by atoms with Crippen LogP contribution in [0.2, 0.25) is 0 Å². The van der Waals surface area contributed by atoms with Crippen molar-refractivity contribution in [1.82, 2.24) is 19.9 Å². The maximum Gasteiger partial charge on any atom is 0.273 e. The van der Waals surface area contributed by atoms with Crippen LogP contribution in [0.3, 0.4) is 0 Å². The molecule has 2 aliphatic heterocycles. The second-order valence-electron chi connectivity index (χ2n) is 8.42. The fourth-order valence-corrected chi connectivity index (χ4v) is 4.34. The number of oxazole rings is 1. The van der Waals surface area contributed by atoms with E-state index >= 15 is 0 Å². The largest absolute Gasteiger partial charge is 0.443 e. The Morgan fingerprint density at radius 2 is 1.94 bits per heavy atom. The molecule has 0 radical (unpaired) electrons. The highest BCUT2D eigenvalue weighted by Gasteiger charge is 2.35. The van der Waals surface area contributed by atoms with Crippen molar-refractivity contribution in [1.29, 1.82) is 0 Å². The van der Waals surface area contributed by atoms with Gasteiger partial charge in [-0.2, -0.15) is 0 Å². The zero-order valence-electron chi connectivity index (χ0n) is 18.5. The third-order valence-electron chi connectivity index (χ3n) is 6.02. The minimum Gasteiger partial charge on any atom is -0.443 e. The molecule has 9 heteroatoms. The fourth-order valence-electron chi connectivity index (χ4n) is 4.34. The monoisotopic (exact) mass is 451 g/mol. The Balaban J connectivity index is 1.33. The number of likely N-dealkylation sites (tertiary alicyclic amines) is 1. The molecule has 0 bridgehead atoms. The highest BCUT2D eigenvalue weighted by molar-refractivity contribution is 5.93. The molecule has 2 aliphatic rings. The molecule has 3 aromatic rings. The molecule has 33 heavy (non-hydrogen) atoms. The summed E-state index contributed by atoms with van der Waals surface area (Å²) in [4.78, 5) is 30.8. The quantitative estimate of drug-likeness (QED) is 0.588. The Bertz CT molecular complexity index is 1130. The van der Waals surface area contributed by atoms with Crippen molar-refractivity contribution in [3.05, 3.63) is 70.9 Å². The van der Waals surface area contributed by atoms with Crippen molar-refractivity contribution in [3.8, 4) is 0 Å². The number of rotatable bonds is 5. The van der Waals surface area contributed by atoms with Crippen molar-refractivity contribution in [2.45, 2.75) is 32.2 Å². The number of carbonyl (C=O) groups is 1. The Morgan fingerprint density at radius 3 is 2.73 bits per heavy atom. The fraction of sp³-hybridized carbons (Fsp3) is 0.417. The van der Waals surface area contributed by atoms with E-state index in [-0.39, 0.29) is 17.8 Å². The highest BCUT2D eigenvalue weighted by Crippen LogP contribution is 2.33. The van der Waals surface area contributed by atoms with Crippen molar-refractivity contribution in [2.24, 2.45) is 0 Å². The molecular weight excluding hydrogens is 425 g/mol. The molecule has 1 amide bonds. The number of benzene rings is 1. The summed E-state index contributed by atoms with van der Waals surface area (Å²) in [7, 11) is 0. The Morgan fingerprint density at radius 1 is 1.15 bits per heavy atom. The smallest absolute Gasteiger partial charge is 0.273 e. The summed E-state index contributed by atoms with van der Waals surface area (Å²) >= 11 is 0. The lowest BCUT2D eigenvalue weighted by molar-refractivity contribution is 0.0708. The van der Waals surface area contributed by atoms with E-state index in [0.717, 1.165) is 24.1 Å². The molecule has 1 atom stereocenters. The van der Waals surface area contributed by atoms with Crippen molar-refractivity contribution in [3.63, 3.8) is 0 Å². The summed E-state index contributed by atoms with van der Waals surface area (Å²) in [5.74, 6) is 1.36. The predicted molar refractivity (Wildman–Crippen MR) is 119 cm³/mol. The average Bonchev–Trinajstić information content (AvgIpc) is 3.50. The average molecular weight is 452 g/mol. The van der Waals surface area contributed by atoms with Gasteiger partial charge in [0.1, 0.15) is 23.3 Å². The van der Waals surface area contributed by atoms with Gasteiger partial charge in [0.25, 0.3) is 5.91 Å². The normalized spacial score (nSPS) is 18.7. The summed E-state index contributed by atoms with van der Waals surface area (Å²) < 4.78 is 24.6. The minimum atomic E-state index is -0.270. The van der Waals surface area contributed by atoms with Crippen LogP contribution in [0, 0.1) is 12.7 Å². The first kappa shape index (κ1) is 21.5. The number of aromatic nitrogens is 3. The summed E-state index contributed by atoms with van der Waals surface area (Å²) in [6.07, 6.45) is 3.85. The van der Waals surface area contributed by atoms with Gasteiger partial charge in [-0.05, 0) is 43.5 Å². The summed E-state index contributed by atoms with van der Waals surface area (Å²) in [6.45, 7) is 5.15. The third kappa shape index (κ3) is 4.73. The van der Waals surface area contributed by atoms with Crippen LogP contribution in [-0.2, 0) is 11.2 Å². The Hall–Kier alpha value is -3.33. The maximum absolute atomic E-state index is 13.4. The summed E-state index contributed by atoms with van der Waals surface area (Å²) in [6, 6.07) is 7.81. The second kappa shape index (κ2) is 9.27. The number of halogens is 1. The van der Waals surface area contributed by atoms with Crippen LogP contribution >= 0.6 is 0 Å². The molecule has 2 fully saturated rings. The first-order valence-corrected chi connectivity index (χ1v) is 11.3. The van der Waals surface area contributed by atoms with Gasteiger partial charge in [-0.25, -0.2) is 19.3 Å².